The molecule has 45 heavy (non-hydrogen) atoms. The van der Waals surface area contributed by atoms with E-state index in [2.05, 4.69) is 56.1 Å². The standard InChI is InChI=1S/2C19H42N.BrH.NO3/c2*1-5-6-7-8-9-10-11-12-13-14-15-16-17-18-19-20(2,3)4;;2-1(3)4/h2*5-19H2,1-4H3;1H;/q2*+1;;-1/p-1. The first-order chi connectivity index (χ1) is 20.9. The summed E-state index contributed by atoms with van der Waals surface area (Å²) < 4.78 is 2.25. The monoisotopic (exact) mass is 710 g/mol. The molecular weight excluding hydrogens is 626 g/mol. The lowest BCUT2D eigenvalue weighted by atomic mass is 10.0. The predicted molar refractivity (Wildman–Crippen MR) is 197 cm³/mol. The Hall–Kier alpha value is -0.400. The Balaban J connectivity index is -0.000000327. The van der Waals surface area contributed by atoms with E-state index in [1.165, 1.54) is 193 Å². The summed E-state index contributed by atoms with van der Waals surface area (Å²) in [6.45, 7) is 7.25. The first-order valence-corrected chi connectivity index (χ1v) is 19.3. The van der Waals surface area contributed by atoms with E-state index in [-0.39, 0.29) is 17.0 Å². The topological polar surface area (TPSA) is 66.2 Å². The van der Waals surface area contributed by atoms with Gasteiger partial charge in [0.2, 0.25) is 0 Å². The summed E-state index contributed by atoms with van der Waals surface area (Å²) in [5.41, 5.74) is 0. The molecule has 0 aliphatic heterocycles. The van der Waals surface area contributed by atoms with Crippen molar-refractivity contribution in [1.82, 2.24) is 0 Å². The molecule has 0 N–H and O–H groups in total. The second kappa shape index (κ2) is 39.8. The maximum atomic E-state index is 8.25. The Morgan fingerprint density at radius 1 is 0.356 bits per heavy atom. The van der Waals surface area contributed by atoms with Crippen LogP contribution in [0.1, 0.15) is 194 Å². The van der Waals surface area contributed by atoms with Gasteiger partial charge in [-0.25, -0.2) is 0 Å². The summed E-state index contributed by atoms with van der Waals surface area (Å²) in [6, 6.07) is 0. The fraction of sp³-hybridized carbons (Fsp3) is 1.00. The van der Waals surface area contributed by atoms with Crippen molar-refractivity contribution in [3.05, 3.63) is 15.3 Å². The van der Waals surface area contributed by atoms with Crippen LogP contribution in [0, 0.1) is 15.3 Å². The van der Waals surface area contributed by atoms with Gasteiger partial charge < -0.3 is 41.3 Å². The normalized spacial score (nSPS) is 11.2. The molecule has 0 aromatic heterocycles. The van der Waals surface area contributed by atoms with E-state index in [1.807, 2.05) is 0 Å². The van der Waals surface area contributed by atoms with Gasteiger partial charge in [0.15, 0.2) is 0 Å². The van der Waals surface area contributed by atoms with Gasteiger partial charge in [0.1, 0.15) is 0 Å². The molecule has 0 bridgehead atoms. The molecule has 0 saturated heterocycles. The van der Waals surface area contributed by atoms with Gasteiger partial charge in [0, 0.05) is 0 Å². The van der Waals surface area contributed by atoms with Gasteiger partial charge in [-0.2, -0.15) is 0 Å². The minimum Gasteiger partial charge on any atom is -1.00 e. The van der Waals surface area contributed by atoms with Crippen molar-refractivity contribution in [3.8, 4) is 0 Å². The first-order valence-electron chi connectivity index (χ1n) is 19.3. The number of unbranched alkanes of at least 4 members (excludes halogenated alkanes) is 26. The molecule has 0 radical (unpaired) electrons. The van der Waals surface area contributed by atoms with Crippen LogP contribution in [0.5, 0.6) is 0 Å². The Morgan fingerprint density at radius 3 is 0.622 bits per heavy atom. The van der Waals surface area contributed by atoms with Gasteiger partial charge >= 0.3 is 0 Å². The van der Waals surface area contributed by atoms with Crippen molar-refractivity contribution in [3.63, 3.8) is 0 Å². The Kier molecular flexibility index (Phi) is 45.5. The molecule has 0 fully saturated rings. The lowest BCUT2D eigenvalue weighted by Crippen LogP contribution is -3.00. The average Bonchev–Trinajstić information content (AvgIpc) is 2.92. The lowest BCUT2D eigenvalue weighted by molar-refractivity contribution is -0.870. The number of hydrogen-bond acceptors (Lipinski definition) is 3. The van der Waals surface area contributed by atoms with Crippen LogP contribution in [-0.4, -0.2) is 69.4 Å². The Bertz CT molecular complexity index is 505. The second-order valence-electron chi connectivity index (χ2n) is 15.4. The molecule has 0 heterocycles. The van der Waals surface area contributed by atoms with Gasteiger partial charge in [0.25, 0.3) is 0 Å². The van der Waals surface area contributed by atoms with Crippen molar-refractivity contribution in [2.75, 3.05) is 55.4 Å². The quantitative estimate of drug-likeness (QED) is 0.0323. The van der Waals surface area contributed by atoms with Gasteiger partial charge in [-0.1, -0.05) is 168 Å². The third-order valence-corrected chi connectivity index (χ3v) is 8.36. The van der Waals surface area contributed by atoms with E-state index in [9.17, 15) is 0 Å². The highest BCUT2D eigenvalue weighted by Crippen LogP contribution is 2.14. The van der Waals surface area contributed by atoms with Gasteiger partial charge in [-0.15, -0.1) is 0 Å². The molecular formula is C38H84BrN3O3. The Labute approximate surface area is 294 Å². The van der Waals surface area contributed by atoms with Crippen LogP contribution in [0.2, 0.25) is 0 Å². The van der Waals surface area contributed by atoms with Crippen LogP contribution >= 0.6 is 0 Å². The van der Waals surface area contributed by atoms with E-state index >= 15 is 0 Å². The third kappa shape index (κ3) is 66.8. The number of quaternary nitrogens is 2. The predicted octanol–water partition coefficient (Wildman–Crippen LogP) is 9.11. The number of hydrogen-bond donors (Lipinski definition) is 0. The van der Waals surface area contributed by atoms with Gasteiger partial charge in [0.05, 0.1) is 60.5 Å². The van der Waals surface area contributed by atoms with Crippen LogP contribution < -0.4 is 17.0 Å². The summed E-state index contributed by atoms with van der Waals surface area (Å²) in [4.78, 5) is 8.25. The summed E-state index contributed by atoms with van der Waals surface area (Å²) in [5, 5.41) is 14.8. The molecule has 0 aromatic rings. The van der Waals surface area contributed by atoms with Gasteiger partial charge in [-0.05, 0) is 25.7 Å². The zero-order chi connectivity index (χ0) is 33.8. The molecule has 0 rings (SSSR count). The molecule has 0 spiro atoms. The molecule has 0 saturated carbocycles. The Morgan fingerprint density at radius 2 is 0.489 bits per heavy atom. The fourth-order valence-electron chi connectivity index (χ4n) is 5.56. The van der Waals surface area contributed by atoms with Crippen molar-refractivity contribution in [2.45, 2.75) is 194 Å². The van der Waals surface area contributed by atoms with E-state index in [1.54, 1.807) is 0 Å². The van der Waals surface area contributed by atoms with Crippen molar-refractivity contribution >= 4 is 0 Å². The molecule has 0 aromatic carbocycles. The zero-order valence-electron chi connectivity index (χ0n) is 32.2. The van der Waals surface area contributed by atoms with E-state index in [0.29, 0.717) is 0 Å². The van der Waals surface area contributed by atoms with E-state index in [4.69, 9.17) is 15.3 Å². The summed E-state index contributed by atoms with van der Waals surface area (Å²) in [5.74, 6) is 0. The third-order valence-electron chi connectivity index (χ3n) is 8.36. The maximum Gasteiger partial charge on any atom is 0.0780 e. The smallest absolute Gasteiger partial charge is 0.0780 e. The highest BCUT2D eigenvalue weighted by molar-refractivity contribution is 4.50. The molecule has 0 aliphatic carbocycles. The molecule has 0 aliphatic rings. The molecule has 0 amide bonds. The summed E-state index contributed by atoms with van der Waals surface area (Å²) in [6.07, 6.45) is 40.7. The fourth-order valence-corrected chi connectivity index (χ4v) is 5.56. The van der Waals surface area contributed by atoms with Crippen molar-refractivity contribution < 1.29 is 31.0 Å². The maximum absolute atomic E-state index is 8.25. The lowest BCUT2D eigenvalue weighted by Gasteiger charge is -2.23. The number of rotatable bonds is 30. The van der Waals surface area contributed by atoms with E-state index < -0.39 is 5.09 Å². The molecule has 0 atom stereocenters. The number of nitrogens with zero attached hydrogens (tertiary/aromatic N) is 3. The van der Waals surface area contributed by atoms with Crippen LogP contribution in [0.15, 0.2) is 0 Å². The highest BCUT2D eigenvalue weighted by atomic mass is 79.9. The molecule has 276 valence electrons. The number of halogens is 1. The SMILES string of the molecule is CCCCCCCCCCCCCCCC[N+](C)(C)C.CCCCCCCCCCCCCCCC[N+](C)(C)C.O=[N+]([O-])[O-].[Br-]. The minimum atomic E-state index is -1.75. The zero-order valence-corrected chi connectivity index (χ0v) is 33.7. The molecule has 6 nitrogen and oxygen atoms in total. The summed E-state index contributed by atoms with van der Waals surface area (Å²) in [7, 11) is 13.8. The van der Waals surface area contributed by atoms with Crippen molar-refractivity contribution in [2.24, 2.45) is 0 Å². The van der Waals surface area contributed by atoms with Crippen LogP contribution in [0.4, 0.5) is 0 Å². The average molecular weight is 711 g/mol. The first kappa shape index (κ1) is 51.4. The molecule has 7 heteroatoms. The van der Waals surface area contributed by atoms with E-state index in [0.717, 1.165) is 8.97 Å². The van der Waals surface area contributed by atoms with Crippen LogP contribution in [0.25, 0.3) is 0 Å². The van der Waals surface area contributed by atoms with Crippen molar-refractivity contribution in [1.29, 1.82) is 0 Å². The minimum absolute atomic E-state index is 0. The second-order valence-corrected chi connectivity index (χ2v) is 15.4. The summed E-state index contributed by atoms with van der Waals surface area (Å²) >= 11 is 0. The highest BCUT2D eigenvalue weighted by Gasteiger charge is 2.06. The van der Waals surface area contributed by atoms with Crippen LogP contribution in [0.3, 0.4) is 0 Å². The van der Waals surface area contributed by atoms with Crippen LogP contribution in [-0.2, 0) is 0 Å². The largest absolute Gasteiger partial charge is 1.00 e. The van der Waals surface area contributed by atoms with Gasteiger partial charge in [-0.3, -0.25) is 0 Å². The molecule has 0 unspecified atom stereocenters.